The third kappa shape index (κ3) is 7.13. The van der Waals surface area contributed by atoms with Gasteiger partial charge in [-0.05, 0) is 29.5 Å². The summed E-state index contributed by atoms with van der Waals surface area (Å²) in [4.78, 5) is 4.37. The van der Waals surface area contributed by atoms with Gasteiger partial charge in [-0.1, -0.05) is 39.8 Å². The molecule has 120 valence electrons. The number of nitrogens with one attached hydrogen (secondary N) is 1. The largest absolute Gasteiger partial charge is 0.379 e. The van der Waals surface area contributed by atoms with Crippen LogP contribution in [0.1, 0.15) is 33.3 Å². The standard InChI is InChI=1S/C16H27N3O.HI/c1-6-12-8-7-9-13(10-12)19-15(17)18-11-14(20-5)16(2,3)4;/h7-10,14H,6,11H2,1-5H3,(H3,17,18,19);1H. The molecule has 1 aromatic carbocycles. The van der Waals surface area contributed by atoms with E-state index < -0.39 is 0 Å². The fraction of sp³-hybridized carbons (Fsp3) is 0.562. The quantitative estimate of drug-likeness (QED) is 0.447. The fourth-order valence-corrected chi connectivity index (χ4v) is 1.94. The van der Waals surface area contributed by atoms with Gasteiger partial charge in [0, 0.05) is 12.8 Å². The van der Waals surface area contributed by atoms with Gasteiger partial charge in [-0.15, -0.1) is 24.0 Å². The average molecular weight is 405 g/mol. The van der Waals surface area contributed by atoms with Gasteiger partial charge in [0.25, 0.3) is 0 Å². The molecular weight excluding hydrogens is 377 g/mol. The van der Waals surface area contributed by atoms with Crippen molar-refractivity contribution in [2.24, 2.45) is 16.1 Å². The van der Waals surface area contributed by atoms with Crippen LogP contribution in [0.3, 0.4) is 0 Å². The molecule has 0 fully saturated rings. The number of aryl methyl sites for hydroxylation is 1. The second kappa shape index (κ2) is 9.25. The lowest BCUT2D eigenvalue weighted by Crippen LogP contribution is -2.33. The molecule has 5 heteroatoms. The molecular formula is C16H28IN3O. The van der Waals surface area contributed by atoms with Crippen molar-refractivity contribution in [3.05, 3.63) is 29.8 Å². The number of hydrogen-bond acceptors (Lipinski definition) is 2. The van der Waals surface area contributed by atoms with Crippen molar-refractivity contribution in [3.63, 3.8) is 0 Å². The molecule has 3 N–H and O–H groups in total. The third-order valence-electron chi connectivity index (χ3n) is 3.29. The molecule has 1 aromatic rings. The Labute approximate surface area is 145 Å². The number of nitrogens with zero attached hydrogens (tertiary/aromatic N) is 1. The Hall–Kier alpha value is -0.820. The molecule has 0 saturated carbocycles. The van der Waals surface area contributed by atoms with Gasteiger partial charge in [0.1, 0.15) is 0 Å². The number of halogens is 1. The normalized spacial score (nSPS) is 13.5. The van der Waals surface area contributed by atoms with Gasteiger partial charge in [-0.25, -0.2) is 0 Å². The summed E-state index contributed by atoms with van der Waals surface area (Å²) in [6.07, 6.45) is 1.05. The minimum Gasteiger partial charge on any atom is -0.379 e. The number of rotatable bonds is 5. The van der Waals surface area contributed by atoms with E-state index in [1.165, 1.54) is 5.56 Å². The zero-order chi connectivity index (χ0) is 15.2. The molecule has 0 spiro atoms. The van der Waals surface area contributed by atoms with E-state index in [4.69, 9.17) is 10.5 Å². The number of ether oxygens (including phenoxy) is 1. The molecule has 1 unspecified atom stereocenters. The van der Waals surface area contributed by atoms with Crippen LogP contribution < -0.4 is 11.1 Å². The van der Waals surface area contributed by atoms with Crippen molar-refractivity contribution in [2.75, 3.05) is 19.0 Å². The predicted molar refractivity (Wildman–Crippen MR) is 102 cm³/mol. The highest BCUT2D eigenvalue weighted by atomic mass is 127. The molecule has 0 aromatic heterocycles. The first kappa shape index (κ1) is 20.2. The predicted octanol–water partition coefficient (Wildman–Crippen LogP) is 3.65. The van der Waals surface area contributed by atoms with Gasteiger partial charge >= 0.3 is 0 Å². The zero-order valence-corrected chi connectivity index (χ0v) is 16.0. The highest BCUT2D eigenvalue weighted by Gasteiger charge is 2.23. The maximum Gasteiger partial charge on any atom is 0.193 e. The van der Waals surface area contributed by atoms with E-state index in [-0.39, 0.29) is 35.5 Å². The summed E-state index contributed by atoms with van der Waals surface area (Å²) in [6, 6.07) is 8.18. The van der Waals surface area contributed by atoms with Crippen molar-refractivity contribution < 1.29 is 4.74 Å². The number of anilines is 1. The lowest BCUT2D eigenvalue weighted by molar-refractivity contribution is 0.0242. The van der Waals surface area contributed by atoms with Crippen LogP contribution in [0, 0.1) is 5.41 Å². The summed E-state index contributed by atoms with van der Waals surface area (Å²) in [7, 11) is 1.71. The van der Waals surface area contributed by atoms with Crippen LogP contribution in [0.5, 0.6) is 0 Å². The summed E-state index contributed by atoms with van der Waals surface area (Å²) >= 11 is 0. The molecule has 0 aliphatic heterocycles. The van der Waals surface area contributed by atoms with E-state index in [0.29, 0.717) is 12.5 Å². The Morgan fingerprint density at radius 1 is 1.38 bits per heavy atom. The molecule has 0 aliphatic rings. The van der Waals surface area contributed by atoms with Crippen molar-refractivity contribution in [1.29, 1.82) is 0 Å². The Morgan fingerprint density at radius 2 is 2.05 bits per heavy atom. The number of nitrogens with two attached hydrogens (primary N) is 1. The molecule has 0 radical (unpaired) electrons. The molecule has 0 saturated heterocycles. The molecule has 0 heterocycles. The van der Waals surface area contributed by atoms with Crippen molar-refractivity contribution >= 4 is 35.6 Å². The first-order valence-corrected chi connectivity index (χ1v) is 7.05. The summed E-state index contributed by atoms with van der Waals surface area (Å²) in [6.45, 7) is 9.07. The van der Waals surface area contributed by atoms with Crippen molar-refractivity contribution in [1.82, 2.24) is 0 Å². The summed E-state index contributed by atoms with van der Waals surface area (Å²) in [5, 5.41) is 3.12. The van der Waals surface area contributed by atoms with Crippen LogP contribution in [0.15, 0.2) is 29.3 Å². The number of methoxy groups -OCH3 is 1. The van der Waals surface area contributed by atoms with E-state index >= 15 is 0 Å². The molecule has 0 bridgehead atoms. The van der Waals surface area contributed by atoms with Crippen molar-refractivity contribution in [2.45, 2.75) is 40.2 Å². The minimum atomic E-state index is 0. The van der Waals surface area contributed by atoms with Crippen LogP contribution in [0.2, 0.25) is 0 Å². The van der Waals surface area contributed by atoms with Crippen LogP contribution in [-0.4, -0.2) is 25.7 Å². The second-order valence-corrected chi connectivity index (χ2v) is 6.00. The van der Waals surface area contributed by atoms with Crippen LogP contribution >= 0.6 is 24.0 Å². The van der Waals surface area contributed by atoms with E-state index in [0.717, 1.165) is 12.1 Å². The maximum absolute atomic E-state index is 5.93. The molecule has 4 nitrogen and oxygen atoms in total. The van der Waals surface area contributed by atoms with Gasteiger partial charge in [0.05, 0.1) is 12.6 Å². The van der Waals surface area contributed by atoms with Gasteiger partial charge in [0.15, 0.2) is 5.96 Å². The van der Waals surface area contributed by atoms with Crippen LogP contribution in [-0.2, 0) is 11.2 Å². The van der Waals surface area contributed by atoms with E-state index in [1.54, 1.807) is 7.11 Å². The van der Waals surface area contributed by atoms with Gasteiger partial charge in [-0.3, -0.25) is 4.99 Å². The fourth-order valence-electron chi connectivity index (χ4n) is 1.94. The minimum absolute atomic E-state index is 0. The smallest absolute Gasteiger partial charge is 0.193 e. The first-order chi connectivity index (χ1) is 9.36. The second-order valence-electron chi connectivity index (χ2n) is 6.00. The molecule has 0 amide bonds. The van der Waals surface area contributed by atoms with Gasteiger partial charge < -0.3 is 15.8 Å². The number of guanidine groups is 1. The molecule has 0 aliphatic carbocycles. The number of hydrogen-bond donors (Lipinski definition) is 2. The van der Waals surface area contributed by atoms with E-state index in [2.05, 4.69) is 50.1 Å². The SMILES string of the molecule is CCc1cccc(NC(N)=NCC(OC)C(C)(C)C)c1.I. The first-order valence-electron chi connectivity index (χ1n) is 7.05. The number of benzene rings is 1. The van der Waals surface area contributed by atoms with E-state index in [9.17, 15) is 0 Å². The zero-order valence-electron chi connectivity index (χ0n) is 13.6. The molecule has 1 rings (SSSR count). The van der Waals surface area contributed by atoms with Gasteiger partial charge in [-0.2, -0.15) is 0 Å². The topological polar surface area (TPSA) is 59.6 Å². The van der Waals surface area contributed by atoms with Crippen LogP contribution in [0.25, 0.3) is 0 Å². The highest BCUT2D eigenvalue weighted by Crippen LogP contribution is 2.21. The lowest BCUT2D eigenvalue weighted by Gasteiger charge is -2.27. The molecule has 1 atom stereocenters. The van der Waals surface area contributed by atoms with Crippen molar-refractivity contribution in [3.8, 4) is 0 Å². The molecule has 21 heavy (non-hydrogen) atoms. The average Bonchev–Trinajstić information content (AvgIpc) is 2.38. The third-order valence-corrected chi connectivity index (χ3v) is 3.29. The lowest BCUT2D eigenvalue weighted by atomic mass is 9.89. The Bertz CT molecular complexity index is 455. The maximum atomic E-state index is 5.93. The van der Waals surface area contributed by atoms with Gasteiger partial charge in [0.2, 0.25) is 0 Å². The highest BCUT2D eigenvalue weighted by molar-refractivity contribution is 14.0. The summed E-state index contributed by atoms with van der Waals surface area (Å²) in [5.74, 6) is 0.421. The summed E-state index contributed by atoms with van der Waals surface area (Å²) in [5.41, 5.74) is 8.21. The summed E-state index contributed by atoms with van der Waals surface area (Å²) < 4.78 is 5.46. The Balaban J connectivity index is 0.00000400. The Morgan fingerprint density at radius 3 is 2.57 bits per heavy atom. The Kier molecular flexibility index (Phi) is 8.89. The number of aliphatic imine (C=N–C) groups is 1. The van der Waals surface area contributed by atoms with E-state index in [1.807, 2.05) is 12.1 Å². The monoisotopic (exact) mass is 405 g/mol. The van der Waals surface area contributed by atoms with Crippen LogP contribution in [0.4, 0.5) is 5.69 Å².